The fraction of sp³-hybridized carbons (Fsp3) is 0.0526. The number of hydrogen-bond donors (Lipinski definition) is 1. The highest BCUT2D eigenvalue weighted by Gasteiger charge is 2.09. The molecule has 0 atom stereocenters. The summed E-state index contributed by atoms with van der Waals surface area (Å²) in [4.78, 5) is 16.2. The van der Waals surface area contributed by atoms with Crippen molar-refractivity contribution in [1.82, 2.24) is 20.4 Å². The molecule has 6 nitrogen and oxygen atoms in total. The lowest BCUT2D eigenvalue weighted by Crippen LogP contribution is -2.10. The topological polar surface area (TPSA) is 80.8 Å². The average Bonchev–Trinajstić information content (AvgIpc) is 2.68. The molecule has 0 bridgehead atoms. The van der Waals surface area contributed by atoms with E-state index in [9.17, 15) is 4.79 Å². The van der Waals surface area contributed by atoms with Gasteiger partial charge >= 0.3 is 0 Å². The van der Waals surface area contributed by atoms with E-state index in [0.717, 1.165) is 16.9 Å². The van der Waals surface area contributed by atoms with E-state index in [0.29, 0.717) is 23.2 Å². The third-order valence-electron chi connectivity index (χ3n) is 3.85. The minimum Gasteiger partial charge on any atom is -0.489 e. The summed E-state index contributed by atoms with van der Waals surface area (Å²) >= 11 is 0. The molecule has 6 heteroatoms. The van der Waals surface area contributed by atoms with Crippen LogP contribution in [0.25, 0.3) is 22.2 Å². The predicted octanol–water partition coefficient (Wildman–Crippen LogP) is 2.96. The average molecular weight is 330 g/mol. The van der Waals surface area contributed by atoms with Gasteiger partial charge in [0, 0.05) is 11.8 Å². The number of H-pyrrole nitrogens is 1. The highest BCUT2D eigenvalue weighted by Crippen LogP contribution is 2.25. The van der Waals surface area contributed by atoms with E-state index in [1.165, 1.54) is 0 Å². The van der Waals surface area contributed by atoms with Crippen LogP contribution in [0, 0.1) is 0 Å². The van der Waals surface area contributed by atoms with E-state index in [-0.39, 0.29) is 5.56 Å². The van der Waals surface area contributed by atoms with Gasteiger partial charge in [-0.3, -0.25) is 9.78 Å². The molecule has 2 aromatic heterocycles. The van der Waals surface area contributed by atoms with Crippen molar-refractivity contribution in [1.29, 1.82) is 0 Å². The fourth-order valence-corrected chi connectivity index (χ4v) is 2.58. The first-order valence-corrected chi connectivity index (χ1v) is 7.78. The van der Waals surface area contributed by atoms with E-state index in [2.05, 4.69) is 20.4 Å². The Morgan fingerprint density at radius 1 is 0.960 bits per heavy atom. The number of nitrogens with zero attached hydrogens (tertiary/aromatic N) is 3. The van der Waals surface area contributed by atoms with Crippen LogP contribution in [0.5, 0.6) is 5.75 Å². The van der Waals surface area contributed by atoms with E-state index in [4.69, 9.17) is 4.74 Å². The van der Waals surface area contributed by atoms with Gasteiger partial charge in [0.2, 0.25) is 0 Å². The molecule has 4 aromatic rings. The van der Waals surface area contributed by atoms with Crippen molar-refractivity contribution < 1.29 is 4.74 Å². The summed E-state index contributed by atoms with van der Waals surface area (Å²) in [5.74, 6) is 0.761. The van der Waals surface area contributed by atoms with Gasteiger partial charge in [-0.15, -0.1) is 5.10 Å². The number of fused-ring (bicyclic) bond motifs is 1. The summed E-state index contributed by atoms with van der Waals surface area (Å²) in [5.41, 5.74) is 2.76. The second-order valence-corrected chi connectivity index (χ2v) is 5.50. The Bertz CT molecular complexity index is 1060. The molecule has 2 aromatic carbocycles. The molecular weight excluding hydrogens is 316 g/mol. The van der Waals surface area contributed by atoms with Gasteiger partial charge in [0.05, 0.1) is 11.1 Å². The minimum absolute atomic E-state index is 0.281. The number of pyridine rings is 1. The van der Waals surface area contributed by atoms with E-state index >= 15 is 0 Å². The SMILES string of the molecule is O=c1[nH]nnc2c(-c3ccc(OCc4ccccc4)cc3)nccc12. The van der Waals surface area contributed by atoms with Crippen LogP contribution < -0.4 is 10.3 Å². The lowest BCUT2D eigenvalue weighted by Gasteiger charge is -2.08. The van der Waals surface area contributed by atoms with Gasteiger partial charge in [0.15, 0.2) is 0 Å². The van der Waals surface area contributed by atoms with E-state index in [1.54, 1.807) is 12.3 Å². The molecule has 1 N–H and O–H groups in total. The van der Waals surface area contributed by atoms with Gasteiger partial charge in [0.1, 0.15) is 17.9 Å². The van der Waals surface area contributed by atoms with Crippen molar-refractivity contribution >= 4 is 10.9 Å². The molecule has 0 radical (unpaired) electrons. The first kappa shape index (κ1) is 15.0. The molecule has 4 rings (SSSR count). The number of nitrogens with one attached hydrogen (secondary N) is 1. The van der Waals surface area contributed by atoms with Crippen LogP contribution in [0.4, 0.5) is 0 Å². The molecule has 0 saturated carbocycles. The van der Waals surface area contributed by atoms with Crippen molar-refractivity contribution in [2.75, 3.05) is 0 Å². The maximum absolute atomic E-state index is 11.8. The zero-order chi connectivity index (χ0) is 17.1. The van der Waals surface area contributed by atoms with Crippen LogP contribution in [-0.2, 0) is 6.61 Å². The third kappa shape index (κ3) is 3.10. The van der Waals surface area contributed by atoms with E-state index < -0.39 is 0 Å². The lowest BCUT2D eigenvalue weighted by molar-refractivity contribution is 0.306. The van der Waals surface area contributed by atoms with Crippen LogP contribution in [-0.4, -0.2) is 20.4 Å². The largest absolute Gasteiger partial charge is 0.489 e. The Morgan fingerprint density at radius 2 is 1.76 bits per heavy atom. The van der Waals surface area contributed by atoms with Crippen LogP contribution in [0.3, 0.4) is 0 Å². The normalized spacial score (nSPS) is 10.7. The van der Waals surface area contributed by atoms with Crippen molar-refractivity contribution in [2.45, 2.75) is 6.61 Å². The summed E-state index contributed by atoms with van der Waals surface area (Å²) in [5, 5.41) is 10.4. The summed E-state index contributed by atoms with van der Waals surface area (Å²) in [7, 11) is 0. The first-order valence-electron chi connectivity index (χ1n) is 7.78. The minimum atomic E-state index is -0.281. The number of aromatic nitrogens is 4. The molecule has 0 aliphatic rings. The smallest absolute Gasteiger partial charge is 0.275 e. The zero-order valence-electron chi connectivity index (χ0n) is 13.2. The number of aromatic amines is 1. The summed E-state index contributed by atoms with van der Waals surface area (Å²) < 4.78 is 5.79. The zero-order valence-corrected chi connectivity index (χ0v) is 13.2. The molecule has 0 amide bonds. The van der Waals surface area contributed by atoms with Crippen LogP contribution >= 0.6 is 0 Å². The van der Waals surface area contributed by atoms with Gasteiger partial charge in [-0.1, -0.05) is 35.5 Å². The number of benzene rings is 2. The molecular formula is C19H14N4O2. The lowest BCUT2D eigenvalue weighted by atomic mass is 10.1. The number of ether oxygens (including phenoxy) is 1. The third-order valence-corrected chi connectivity index (χ3v) is 3.85. The van der Waals surface area contributed by atoms with Crippen LogP contribution in [0.15, 0.2) is 71.7 Å². The Hall–Kier alpha value is -3.54. The monoisotopic (exact) mass is 330 g/mol. The molecule has 0 aliphatic heterocycles. The van der Waals surface area contributed by atoms with E-state index in [1.807, 2.05) is 54.6 Å². The maximum atomic E-state index is 11.8. The van der Waals surface area contributed by atoms with Crippen molar-refractivity contribution in [3.63, 3.8) is 0 Å². The molecule has 0 unspecified atom stereocenters. The summed E-state index contributed by atoms with van der Waals surface area (Å²) in [6, 6.07) is 19.1. The molecule has 0 saturated heterocycles. The Kier molecular flexibility index (Phi) is 3.92. The molecule has 25 heavy (non-hydrogen) atoms. The van der Waals surface area contributed by atoms with Gasteiger partial charge in [0.25, 0.3) is 5.56 Å². The molecule has 0 aliphatic carbocycles. The molecule has 0 fully saturated rings. The van der Waals surface area contributed by atoms with Gasteiger partial charge in [-0.2, -0.15) is 0 Å². The fourth-order valence-electron chi connectivity index (χ4n) is 2.58. The highest BCUT2D eigenvalue weighted by atomic mass is 16.5. The van der Waals surface area contributed by atoms with Crippen molar-refractivity contribution in [2.24, 2.45) is 0 Å². The van der Waals surface area contributed by atoms with Crippen LogP contribution in [0.1, 0.15) is 5.56 Å². The van der Waals surface area contributed by atoms with Gasteiger partial charge in [-0.25, -0.2) is 5.10 Å². The predicted molar refractivity (Wildman–Crippen MR) is 94.2 cm³/mol. The summed E-state index contributed by atoms with van der Waals surface area (Å²) in [6.45, 7) is 0.507. The second kappa shape index (κ2) is 6.52. The van der Waals surface area contributed by atoms with Crippen LogP contribution in [0.2, 0.25) is 0 Å². The van der Waals surface area contributed by atoms with Crippen molar-refractivity contribution in [3.8, 4) is 17.0 Å². The first-order chi connectivity index (χ1) is 12.3. The second-order valence-electron chi connectivity index (χ2n) is 5.50. The molecule has 0 spiro atoms. The number of hydrogen-bond acceptors (Lipinski definition) is 5. The van der Waals surface area contributed by atoms with Gasteiger partial charge in [-0.05, 0) is 35.9 Å². The maximum Gasteiger partial charge on any atom is 0.275 e. The molecule has 122 valence electrons. The Labute approximate surface area is 143 Å². The number of rotatable bonds is 4. The summed E-state index contributed by atoms with van der Waals surface area (Å²) in [6.07, 6.45) is 1.59. The quantitative estimate of drug-likeness (QED) is 0.622. The Balaban J connectivity index is 1.60. The standard InChI is InChI=1S/C19H14N4O2/c24-19-16-10-11-20-17(18(16)21-23-22-19)14-6-8-15(9-7-14)25-12-13-4-2-1-3-5-13/h1-11H,12H2,(H,21,22,24). The van der Waals surface area contributed by atoms with Crippen molar-refractivity contribution in [3.05, 3.63) is 82.8 Å². The van der Waals surface area contributed by atoms with Gasteiger partial charge < -0.3 is 4.74 Å². The Morgan fingerprint density at radius 3 is 2.56 bits per heavy atom. The highest BCUT2D eigenvalue weighted by molar-refractivity contribution is 5.90. The molecule has 2 heterocycles.